The van der Waals surface area contributed by atoms with Gasteiger partial charge in [-0.3, -0.25) is 14.6 Å². The van der Waals surface area contributed by atoms with Crippen molar-refractivity contribution in [3.63, 3.8) is 0 Å². The Morgan fingerprint density at radius 2 is 1.96 bits per heavy atom. The maximum atomic E-state index is 12.8. The average molecular weight is 378 g/mol. The van der Waals surface area contributed by atoms with Crippen LogP contribution in [0.1, 0.15) is 44.4 Å². The Hall–Kier alpha value is -3.29. The number of pyridine rings is 1. The van der Waals surface area contributed by atoms with Crippen LogP contribution >= 0.6 is 0 Å². The molecule has 1 aliphatic rings. The van der Waals surface area contributed by atoms with Crippen molar-refractivity contribution in [2.45, 2.75) is 19.3 Å². The number of carbonyl (C=O) groups is 2. The molecule has 144 valence electrons. The van der Waals surface area contributed by atoms with Gasteiger partial charge in [0.15, 0.2) is 5.65 Å². The van der Waals surface area contributed by atoms with Crippen LogP contribution in [-0.2, 0) is 0 Å². The summed E-state index contributed by atoms with van der Waals surface area (Å²) in [7, 11) is 3.41. The van der Waals surface area contributed by atoms with Crippen LogP contribution in [0.5, 0.6) is 0 Å². The summed E-state index contributed by atoms with van der Waals surface area (Å²) < 4.78 is 1.73. The summed E-state index contributed by atoms with van der Waals surface area (Å²) in [6.45, 7) is 3.17. The summed E-state index contributed by atoms with van der Waals surface area (Å²) in [6, 6.07) is 5.57. The summed E-state index contributed by atoms with van der Waals surface area (Å²) in [5.41, 5.74) is 3.47. The fourth-order valence-corrected chi connectivity index (χ4v) is 3.57. The van der Waals surface area contributed by atoms with Crippen molar-refractivity contribution in [3.05, 3.63) is 59.3 Å². The average Bonchev–Trinajstić information content (AvgIpc) is 3.34. The molecule has 8 heteroatoms. The van der Waals surface area contributed by atoms with E-state index in [1.165, 1.54) is 4.90 Å². The van der Waals surface area contributed by atoms with Gasteiger partial charge in [-0.1, -0.05) is 0 Å². The maximum absolute atomic E-state index is 12.8. The van der Waals surface area contributed by atoms with Crippen molar-refractivity contribution in [2.75, 3.05) is 27.2 Å². The minimum absolute atomic E-state index is 0.00996. The lowest BCUT2D eigenvalue weighted by Crippen LogP contribution is -2.28. The number of nitrogens with zero attached hydrogens (tertiary/aromatic N) is 6. The SMILES string of the molecule is Cc1ccc(C(=O)N2CC[C@H](c3ccnc4c(C(=O)N(C)C)cnn34)C2)cn1. The molecular weight excluding hydrogens is 356 g/mol. The summed E-state index contributed by atoms with van der Waals surface area (Å²) in [5, 5.41) is 4.40. The number of carbonyl (C=O) groups excluding carboxylic acids is 2. The predicted molar refractivity (Wildman–Crippen MR) is 103 cm³/mol. The molecule has 0 N–H and O–H groups in total. The highest BCUT2D eigenvalue weighted by molar-refractivity contribution is 5.99. The molecule has 28 heavy (non-hydrogen) atoms. The molecule has 0 saturated carbocycles. The van der Waals surface area contributed by atoms with Crippen molar-refractivity contribution in [3.8, 4) is 0 Å². The summed E-state index contributed by atoms with van der Waals surface area (Å²) in [6.07, 6.45) is 5.72. The molecule has 1 atom stereocenters. The molecule has 2 amide bonds. The van der Waals surface area contributed by atoms with E-state index in [9.17, 15) is 9.59 Å². The number of amides is 2. The van der Waals surface area contributed by atoms with Gasteiger partial charge in [-0.05, 0) is 31.5 Å². The first kappa shape index (κ1) is 18.1. The van der Waals surface area contributed by atoms with E-state index >= 15 is 0 Å². The van der Waals surface area contributed by atoms with Gasteiger partial charge < -0.3 is 9.80 Å². The lowest BCUT2D eigenvalue weighted by molar-refractivity contribution is 0.0789. The van der Waals surface area contributed by atoms with Crippen LogP contribution < -0.4 is 0 Å². The number of hydrogen-bond donors (Lipinski definition) is 0. The third-order valence-corrected chi connectivity index (χ3v) is 5.12. The molecule has 4 heterocycles. The molecule has 1 fully saturated rings. The van der Waals surface area contributed by atoms with Crippen molar-refractivity contribution >= 4 is 17.5 Å². The molecule has 0 unspecified atom stereocenters. The zero-order chi connectivity index (χ0) is 19.8. The number of hydrogen-bond acceptors (Lipinski definition) is 5. The molecule has 4 rings (SSSR count). The minimum Gasteiger partial charge on any atom is -0.345 e. The van der Waals surface area contributed by atoms with E-state index < -0.39 is 0 Å². The van der Waals surface area contributed by atoms with Crippen molar-refractivity contribution in [1.29, 1.82) is 0 Å². The van der Waals surface area contributed by atoms with Gasteiger partial charge in [0.2, 0.25) is 0 Å². The van der Waals surface area contributed by atoms with E-state index in [0.29, 0.717) is 29.9 Å². The van der Waals surface area contributed by atoms with E-state index in [4.69, 9.17) is 0 Å². The fourth-order valence-electron chi connectivity index (χ4n) is 3.57. The second kappa shape index (κ2) is 7.03. The summed E-state index contributed by atoms with van der Waals surface area (Å²) in [5.74, 6) is -0.00551. The first-order chi connectivity index (χ1) is 13.5. The van der Waals surface area contributed by atoms with E-state index in [-0.39, 0.29) is 17.7 Å². The second-order valence-corrected chi connectivity index (χ2v) is 7.29. The highest BCUT2D eigenvalue weighted by Gasteiger charge is 2.30. The van der Waals surface area contributed by atoms with Gasteiger partial charge in [-0.2, -0.15) is 5.10 Å². The van der Waals surface area contributed by atoms with Crippen LogP contribution in [0, 0.1) is 6.92 Å². The number of aromatic nitrogens is 4. The quantitative estimate of drug-likeness (QED) is 0.693. The van der Waals surface area contributed by atoms with E-state index in [1.807, 2.05) is 30.0 Å². The minimum atomic E-state index is -0.130. The lowest BCUT2D eigenvalue weighted by Gasteiger charge is -2.17. The molecule has 8 nitrogen and oxygen atoms in total. The van der Waals surface area contributed by atoms with Crippen LogP contribution in [-0.4, -0.2) is 68.4 Å². The van der Waals surface area contributed by atoms with Crippen LogP contribution in [0.3, 0.4) is 0 Å². The van der Waals surface area contributed by atoms with Crippen LogP contribution in [0.25, 0.3) is 5.65 Å². The van der Waals surface area contributed by atoms with Gasteiger partial charge in [0.25, 0.3) is 11.8 Å². The molecule has 3 aromatic heterocycles. The Morgan fingerprint density at radius 1 is 1.14 bits per heavy atom. The smallest absolute Gasteiger partial charge is 0.258 e. The topological polar surface area (TPSA) is 83.7 Å². The normalized spacial score (nSPS) is 16.5. The monoisotopic (exact) mass is 378 g/mol. The maximum Gasteiger partial charge on any atom is 0.258 e. The first-order valence-electron chi connectivity index (χ1n) is 9.22. The number of likely N-dealkylation sites (tertiary alicyclic amines) is 1. The standard InChI is InChI=1S/C20H22N6O2/c1-13-4-5-14(10-22-13)19(27)25-9-7-15(12-25)17-6-8-21-18-16(11-23-26(17)18)20(28)24(2)3/h4-6,8,10-11,15H,7,9,12H2,1-3H3/t15-/m0/s1. The summed E-state index contributed by atoms with van der Waals surface area (Å²) >= 11 is 0. The Labute approximate surface area is 162 Å². The molecule has 3 aromatic rings. The van der Waals surface area contributed by atoms with Crippen LogP contribution in [0.2, 0.25) is 0 Å². The Balaban J connectivity index is 1.59. The van der Waals surface area contributed by atoms with Crippen molar-refractivity contribution < 1.29 is 9.59 Å². The number of fused-ring (bicyclic) bond motifs is 1. The molecule has 1 saturated heterocycles. The fraction of sp³-hybridized carbons (Fsp3) is 0.350. The van der Waals surface area contributed by atoms with E-state index in [2.05, 4.69) is 15.1 Å². The van der Waals surface area contributed by atoms with Gasteiger partial charge in [0.05, 0.1) is 17.5 Å². The lowest BCUT2D eigenvalue weighted by atomic mass is 10.0. The van der Waals surface area contributed by atoms with Crippen LogP contribution in [0.4, 0.5) is 0 Å². The van der Waals surface area contributed by atoms with Gasteiger partial charge in [0, 0.05) is 51.2 Å². The van der Waals surface area contributed by atoms with Gasteiger partial charge >= 0.3 is 0 Å². The van der Waals surface area contributed by atoms with Crippen LogP contribution in [0.15, 0.2) is 36.8 Å². The highest BCUT2D eigenvalue weighted by Crippen LogP contribution is 2.28. The Morgan fingerprint density at radius 3 is 2.68 bits per heavy atom. The molecule has 0 bridgehead atoms. The molecule has 1 aliphatic heterocycles. The molecular formula is C20H22N6O2. The molecule has 0 aliphatic carbocycles. The predicted octanol–water partition coefficient (Wildman–Crippen LogP) is 1.76. The number of aryl methyl sites for hydroxylation is 1. The third-order valence-electron chi connectivity index (χ3n) is 5.12. The molecule has 0 radical (unpaired) electrons. The van der Waals surface area contributed by atoms with E-state index in [0.717, 1.165) is 17.8 Å². The van der Waals surface area contributed by atoms with Crippen molar-refractivity contribution in [1.82, 2.24) is 29.4 Å². The summed E-state index contributed by atoms with van der Waals surface area (Å²) in [4.78, 5) is 37.0. The molecule has 0 spiro atoms. The van der Waals surface area contributed by atoms with Gasteiger partial charge in [-0.15, -0.1) is 0 Å². The zero-order valence-corrected chi connectivity index (χ0v) is 16.2. The van der Waals surface area contributed by atoms with Gasteiger partial charge in [-0.25, -0.2) is 9.50 Å². The van der Waals surface area contributed by atoms with Gasteiger partial charge in [0.1, 0.15) is 5.56 Å². The van der Waals surface area contributed by atoms with Crippen molar-refractivity contribution in [2.24, 2.45) is 0 Å². The van der Waals surface area contributed by atoms with E-state index in [1.54, 1.807) is 37.2 Å². The molecule has 0 aromatic carbocycles. The largest absolute Gasteiger partial charge is 0.345 e. The Kier molecular flexibility index (Phi) is 4.54. The third kappa shape index (κ3) is 3.11. The first-order valence-corrected chi connectivity index (χ1v) is 9.22. The second-order valence-electron chi connectivity index (χ2n) is 7.29. The number of rotatable bonds is 3. The zero-order valence-electron chi connectivity index (χ0n) is 16.2. The highest BCUT2D eigenvalue weighted by atomic mass is 16.2. The Bertz CT molecular complexity index is 1040.